The maximum Gasteiger partial charge on any atom is 0.237 e. The number of amides is 1. The van der Waals surface area contributed by atoms with E-state index in [0.717, 1.165) is 24.0 Å². The van der Waals surface area contributed by atoms with Gasteiger partial charge < -0.3 is 15.8 Å². The van der Waals surface area contributed by atoms with E-state index >= 15 is 0 Å². The summed E-state index contributed by atoms with van der Waals surface area (Å²) in [7, 11) is -3.12. The van der Waals surface area contributed by atoms with E-state index in [-0.39, 0.29) is 18.1 Å². The summed E-state index contributed by atoms with van der Waals surface area (Å²) in [6, 6.07) is 6.67. The molecule has 3 N–H and O–H groups in total. The largest absolute Gasteiger partial charge is 0.493 e. The number of carbonyl (C=O) groups excluding carboxylic acids is 1. The molecular formula is C17H28N2O4S. The van der Waals surface area contributed by atoms with Gasteiger partial charge in [0.25, 0.3) is 0 Å². The number of para-hydroxylation sites is 1. The van der Waals surface area contributed by atoms with Gasteiger partial charge in [0, 0.05) is 18.4 Å². The Kier molecular flexibility index (Phi) is 8.21. The monoisotopic (exact) mass is 356 g/mol. The minimum atomic E-state index is -3.12. The molecule has 0 radical (unpaired) electrons. The van der Waals surface area contributed by atoms with Crippen LogP contribution in [0.4, 0.5) is 0 Å². The number of benzene rings is 1. The molecule has 136 valence electrons. The lowest BCUT2D eigenvalue weighted by molar-refractivity contribution is -0.122. The average Bonchev–Trinajstić information content (AvgIpc) is 2.50. The number of nitrogens with one attached hydrogen (secondary N) is 1. The maximum atomic E-state index is 12.0. The highest BCUT2D eigenvalue weighted by Crippen LogP contribution is 2.18. The Bertz CT molecular complexity index is 629. The van der Waals surface area contributed by atoms with Crippen LogP contribution in [0.25, 0.3) is 0 Å². The van der Waals surface area contributed by atoms with Crippen molar-refractivity contribution < 1.29 is 17.9 Å². The zero-order chi connectivity index (χ0) is 18.2. The summed E-state index contributed by atoms with van der Waals surface area (Å²) >= 11 is 0. The third-order valence-electron chi connectivity index (χ3n) is 3.51. The molecule has 0 aromatic heterocycles. The molecule has 24 heavy (non-hydrogen) atoms. The van der Waals surface area contributed by atoms with E-state index in [9.17, 15) is 13.2 Å². The van der Waals surface area contributed by atoms with Crippen LogP contribution in [0.1, 0.15) is 32.3 Å². The minimum absolute atomic E-state index is 0.101. The smallest absolute Gasteiger partial charge is 0.237 e. The van der Waals surface area contributed by atoms with Crippen LogP contribution >= 0.6 is 0 Å². The first kappa shape index (κ1) is 20.4. The molecule has 6 nitrogen and oxygen atoms in total. The summed E-state index contributed by atoms with van der Waals surface area (Å²) in [6.07, 6.45) is 2.19. The maximum absolute atomic E-state index is 12.0. The molecule has 0 fully saturated rings. The SMILES string of the molecule is CC(C)CCOc1ccccc1CNC(=O)C(N)CCS(C)(=O)=O. The first-order chi connectivity index (χ1) is 11.2. The van der Waals surface area contributed by atoms with E-state index in [4.69, 9.17) is 10.5 Å². The number of sulfone groups is 1. The van der Waals surface area contributed by atoms with Gasteiger partial charge in [0.15, 0.2) is 0 Å². The van der Waals surface area contributed by atoms with Gasteiger partial charge in [-0.2, -0.15) is 0 Å². The third kappa shape index (κ3) is 8.31. The highest BCUT2D eigenvalue weighted by molar-refractivity contribution is 7.90. The lowest BCUT2D eigenvalue weighted by atomic mass is 10.1. The second kappa shape index (κ2) is 9.64. The van der Waals surface area contributed by atoms with Crippen LogP contribution in [-0.4, -0.2) is 39.0 Å². The molecule has 1 aromatic rings. The van der Waals surface area contributed by atoms with Gasteiger partial charge in [0.1, 0.15) is 15.6 Å². The number of hydrogen-bond acceptors (Lipinski definition) is 5. The molecule has 0 saturated carbocycles. The fourth-order valence-corrected chi connectivity index (χ4v) is 2.66. The van der Waals surface area contributed by atoms with Crippen molar-refractivity contribution in [2.24, 2.45) is 11.7 Å². The van der Waals surface area contributed by atoms with Crippen LogP contribution in [0.2, 0.25) is 0 Å². The molecule has 0 heterocycles. The molecule has 1 unspecified atom stereocenters. The minimum Gasteiger partial charge on any atom is -0.493 e. The van der Waals surface area contributed by atoms with Crippen molar-refractivity contribution in [2.45, 2.75) is 39.3 Å². The van der Waals surface area contributed by atoms with Crippen molar-refractivity contribution in [2.75, 3.05) is 18.6 Å². The molecule has 1 amide bonds. The van der Waals surface area contributed by atoms with Crippen molar-refractivity contribution in [1.29, 1.82) is 0 Å². The van der Waals surface area contributed by atoms with Crippen LogP contribution in [0.3, 0.4) is 0 Å². The van der Waals surface area contributed by atoms with Gasteiger partial charge in [0.2, 0.25) is 5.91 Å². The highest BCUT2D eigenvalue weighted by Gasteiger charge is 2.16. The lowest BCUT2D eigenvalue weighted by Gasteiger charge is -2.15. The first-order valence-corrected chi connectivity index (χ1v) is 10.2. The number of rotatable bonds is 10. The van der Waals surface area contributed by atoms with E-state index in [0.29, 0.717) is 19.1 Å². The summed E-state index contributed by atoms with van der Waals surface area (Å²) in [6.45, 7) is 5.18. The van der Waals surface area contributed by atoms with Crippen molar-refractivity contribution in [3.63, 3.8) is 0 Å². The Morgan fingerprint density at radius 3 is 2.54 bits per heavy atom. The van der Waals surface area contributed by atoms with Crippen LogP contribution in [-0.2, 0) is 21.2 Å². The van der Waals surface area contributed by atoms with Crippen molar-refractivity contribution in [1.82, 2.24) is 5.32 Å². The van der Waals surface area contributed by atoms with Gasteiger partial charge in [0.05, 0.1) is 18.4 Å². The normalized spacial score (nSPS) is 12.9. The molecule has 1 aromatic carbocycles. The predicted molar refractivity (Wildman–Crippen MR) is 95.5 cm³/mol. The van der Waals surface area contributed by atoms with Gasteiger partial charge in [-0.15, -0.1) is 0 Å². The van der Waals surface area contributed by atoms with Crippen molar-refractivity contribution >= 4 is 15.7 Å². The highest BCUT2D eigenvalue weighted by atomic mass is 32.2. The number of carbonyl (C=O) groups is 1. The van der Waals surface area contributed by atoms with E-state index in [1.54, 1.807) is 0 Å². The Labute approximate surface area is 144 Å². The van der Waals surface area contributed by atoms with Gasteiger partial charge in [-0.1, -0.05) is 32.0 Å². The fourth-order valence-electron chi connectivity index (χ4n) is 1.98. The molecule has 0 aliphatic carbocycles. The second-order valence-electron chi connectivity index (χ2n) is 6.38. The number of nitrogens with two attached hydrogens (primary N) is 1. The molecule has 1 rings (SSSR count). The third-order valence-corrected chi connectivity index (χ3v) is 4.49. The summed E-state index contributed by atoms with van der Waals surface area (Å²) < 4.78 is 28.0. The Morgan fingerprint density at radius 2 is 1.92 bits per heavy atom. The van der Waals surface area contributed by atoms with Crippen LogP contribution < -0.4 is 15.8 Å². The van der Waals surface area contributed by atoms with E-state index in [1.165, 1.54) is 0 Å². The van der Waals surface area contributed by atoms with Crippen molar-refractivity contribution in [3.05, 3.63) is 29.8 Å². The van der Waals surface area contributed by atoms with Gasteiger partial charge >= 0.3 is 0 Å². The van der Waals surface area contributed by atoms with E-state index in [1.807, 2.05) is 24.3 Å². The Hall–Kier alpha value is -1.60. The predicted octanol–water partition coefficient (Wildman–Crippen LogP) is 1.49. The van der Waals surface area contributed by atoms with Crippen LogP contribution in [0, 0.1) is 5.92 Å². The second-order valence-corrected chi connectivity index (χ2v) is 8.64. The summed E-state index contributed by atoms with van der Waals surface area (Å²) in [4.78, 5) is 12.0. The average molecular weight is 356 g/mol. The molecule has 0 aliphatic heterocycles. The van der Waals surface area contributed by atoms with E-state index < -0.39 is 15.9 Å². The quantitative estimate of drug-likeness (QED) is 0.662. The van der Waals surface area contributed by atoms with Crippen molar-refractivity contribution in [3.8, 4) is 5.75 Å². The van der Waals surface area contributed by atoms with Gasteiger partial charge in [-0.25, -0.2) is 8.42 Å². The molecule has 0 spiro atoms. The molecule has 0 saturated heterocycles. The Morgan fingerprint density at radius 1 is 1.25 bits per heavy atom. The number of ether oxygens (including phenoxy) is 1. The van der Waals surface area contributed by atoms with Crippen LogP contribution in [0.15, 0.2) is 24.3 Å². The topological polar surface area (TPSA) is 98.5 Å². The fraction of sp³-hybridized carbons (Fsp3) is 0.588. The van der Waals surface area contributed by atoms with Gasteiger partial charge in [-0.3, -0.25) is 4.79 Å². The first-order valence-electron chi connectivity index (χ1n) is 8.10. The molecule has 0 bridgehead atoms. The standard InChI is InChI=1S/C17H28N2O4S/c1-13(2)8-10-23-16-7-5-4-6-14(16)12-19-17(20)15(18)9-11-24(3,21)22/h4-7,13,15H,8-12,18H2,1-3H3,(H,19,20). The number of hydrogen-bond donors (Lipinski definition) is 2. The summed E-state index contributed by atoms with van der Waals surface area (Å²) in [5.74, 6) is 0.833. The van der Waals surface area contributed by atoms with Gasteiger partial charge in [-0.05, 0) is 24.8 Å². The zero-order valence-electron chi connectivity index (χ0n) is 14.6. The molecule has 7 heteroatoms. The van der Waals surface area contributed by atoms with E-state index in [2.05, 4.69) is 19.2 Å². The molecule has 0 aliphatic rings. The lowest BCUT2D eigenvalue weighted by Crippen LogP contribution is -2.41. The molecule has 1 atom stereocenters. The Balaban J connectivity index is 2.52. The van der Waals surface area contributed by atoms with Crippen LogP contribution in [0.5, 0.6) is 5.75 Å². The summed E-state index contributed by atoms with van der Waals surface area (Å²) in [5, 5.41) is 2.74. The summed E-state index contributed by atoms with van der Waals surface area (Å²) in [5.41, 5.74) is 6.60. The molecular weight excluding hydrogens is 328 g/mol. The zero-order valence-corrected chi connectivity index (χ0v) is 15.4.